The Morgan fingerprint density at radius 3 is 2.29 bits per heavy atom. The number of Topliss-reactive ketones (excluding diaryl/α,β-unsaturated/α-hetero) is 1. The second kappa shape index (κ2) is 13.0. The summed E-state index contributed by atoms with van der Waals surface area (Å²) in [5, 5.41) is 4.61. The molecule has 1 aromatic heterocycles. The van der Waals surface area contributed by atoms with Gasteiger partial charge in [-0.1, -0.05) is 6.07 Å². The monoisotopic (exact) mass is 491 g/mol. The minimum atomic E-state index is -0.641. The Morgan fingerprint density at radius 2 is 1.63 bits per heavy atom. The summed E-state index contributed by atoms with van der Waals surface area (Å²) in [5.74, 6) is -0.849. The lowest BCUT2D eigenvalue weighted by Crippen LogP contribution is -2.17. The van der Waals surface area contributed by atoms with Crippen molar-refractivity contribution < 1.29 is 28.7 Å². The van der Waals surface area contributed by atoms with Gasteiger partial charge in [-0.05, 0) is 79.1 Å². The molecule has 0 aliphatic carbocycles. The molecule has 1 heterocycles. The molecule has 0 radical (unpaired) electrons. The highest BCUT2D eigenvalue weighted by molar-refractivity contribution is 7.10. The normalized spacial score (nSPS) is 10.7. The molecule has 3 rings (SSSR count). The molecule has 0 fully saturated rings. The van der Waals surface area contributed by atoms with Crippen molar-refractivity contribution in [3.05, 3.63) is 88.1 Å². The van der Waals surface area contributed by atoms with Crippen LogP contribution in [0.5, 0.6) is 5.75 Å². The Bertz CT molecular complexity index is 1180. The summed E-state index contributed by atoms with van der Waals surface area (Å²) in [6.07, 6.45) is 3.01. The van der Waals surface area contributed by atoms with Crippen LogP contribution in [0.15, 0.2) is 72.1 Å². The molecule has 180 valence electrons. The van der Waals surface area contributed by atoms with E-state index in [1.807, 2.05) is 24.4 Å². The summed E-state index contributed by atoms with van der Waals surface area (Å²) in [6.45, 7) is 1.99. The Morgan fingerprint density at radius 1 is 0.914 bits per heavy atom. The fourth-order valence-corrected chi connectivity index (χ4v) is 3.62. The van der Waals surface area contributed by atoms with Gasteiger partial charge in [0, 0.05) is 28.1 Å². The maximum Gasteiger partial charge on any atom is 0.306 e. The van der Waals surface area contributed by atoms with Gasteiger partial charge in [0.15, 0.2) is 18.2 Å². The molecule has 0 aliphatic heterocycles. The number of ketones is 2. The van der Waals surface area contributed by atoms with E-state index in [1.165, 1.54) is 6.08 Å². The molecule has 0 bridgehead atoms. The number of hydrogen-bond donors (Lipinski definition) is 1. The van der Waals surface area contributed by atoms with Gasteiger partial charge in [0.25, 0.3) is 0 Å². The molecular formula is C27H25NO6S. The smallest absolute Gasteiger partial charge is 0.306 e. The van der Waals surface area contributed by atoms with Gasteiger partial charge in [-0.3, -0.25) is 19.2 Å². The van der Waals surface area contributed by atoms with Gasteiger partial charge in [-0.2, -0.15) is 0 Å². The first-order valence-corrected chi connectivity index (χ1v) is 11.9. The Hall–Kier alpha value is -4.04. The maximum atomic E-state index is 12.2. The number of allylic oxidation sites excluding steroid dienone is 1. The zero-order valence-corrected chi connectivity index (χ0v) is 20.0. The van der Waals surface area contributed by atoms with Crippen molar-refractivity contribution in [3.8, 4) is 5.75 Å². The molecule has 0 aliphatic rings. The van der Waals surface area contributed by atoms with Crippen LogP contribution in [-0.4, -0.2) is 36.7 Å². The van der Waals surface area contributed by atoms with Crippen LogP contribution in [-0.2, 0) is 14.3 Å². The quantitative estimate of drug-likeness (QED) is 0.213. The average molecular weight is 492 g/mol. The van der Waals surface area contributed by atoms with Gasteiger partial charge < -0.3 is 14.8 Å². The van der Waals surface area contributed by atoms with Gasteiger partial charge in [0.05, 0.1) is 13.0 Å². The molecule has 0 spiro atoms. The summed E-state index contributed by atoms with van der Waals surface area (Å²) in [4.78, 5) is 49.4. The summed E-state index contributed by atoms with van der Waals surface area (Å²) in [6, 6.07) is 16.9. The Balaban J connectivity index is 1.38. The third-order valence-electron chi connectivity index (χ3n) is 4.80. The number of nitrogens with one attached hydrogen (secondary N) is 1. The van der Waals surface area contributed by atoms with Crippen LogP contribution in [0.3, 0.4) is 0 Å². The van der Waals surface area contributed by atoms with Gasteiger partial charge in [-0.25, -0.2) is 0 Å². The van der Waals surface area contributed by atoms with Crippen LogP contribution in [0, 0.1) is 0 Å². The number of carbonyl (C=O) groups is 4. The maximum absolute atomic E-state index is 12.2. The van der Waals surface area contributed by atoms with Crippen LogP contribution >= 0.6 is 11.3 Å². The van der Waals surface area contributed by atoms with E-state index >= 15 is 0 Å². The number of thiophene rings is 1. The molecule has 1 N–H and O–H groups in total. The molecule has 0 atom stereocenters. The number of ether oxygens (including phenoxy) is 2. The van der Waals surface area contributed by atoms with Crippen molar-refractivity contribution in [3.63, 3.8) is 0 Å². The topological polar surface area (TPSA) is 98.8 Å². The number of rotatable bonds is 12. The number of amides is 1. The number of hydrogen-bond acceptors (Lipinski definition) is 7. The van der Waals surface area contributed by atoms with E-state index in [2.05, 4.69) is 5.32 Å². The van der Waals surface area contributed by atoms with E-state index in [-0.39, 0.29) is 30.3 Å². The van der Waals surface area contributed by atoms with E-state index in [1.54, 1.807) is 65.9 Å². The molecule has 0 saturated heterocycles. The third-order valence-corrected chi connectivity index (χ3v) is 5.64. The van der Waals surface area contributed by atoms with E-state index in [0.29, 0.717) is 29.2 Å². The molecule has 2 aromatic carbocycles. The molecule has 35 heavy (non-hydrogen) atoms. The van der Waals surface area contributed by atoms with Crippen molar-refractivity contribution >= 4 is 46.5 Å². The van der Waals surface area contributed by atoms with Crippen LogP contribution in [0.4, 0.5) is 5.69 Å². The number of esters is 1. The summed E-state index contributed by atoms with van der Waals surface area (Å²) < 4.78 is 10.3. The van der Waals surface area contributed by atoms with Crippen LogP contribution < -0.4 is 10.1 Å². The lowest BCUT2D eigenvalue weighted by atomic mass is 10.1. The predicted molar refractivity (Wildman–Crippen MR) is 135 cm³/mol. The van der Waals surface area contributed by atoms with E-state index < -0.39 is 12.6 Å². The molecule has 0 saturated carbocycles. The Kier molecular flexibility index (Phi) is 9.50. The van der Waals surface area contributed by atoms with Crippen molar-refractivity contribution in [2.75, 3.05) is 18.5 Å². The highest BCUT2D eigenvalue weighted by Crippen LogP contribution is 2.15. The highest BCUT2D eigenvalue weighted by atomic mass is 32.1. The molecule has 7 nitrogen and oxygen atoms in total. The standard InChI is InChI=1S/C27H25NO6S/c1-2-33-22-11-7-20(8-12-22)25(30)18-34-27(32)16-15-26(31)28-21-9-5-19(6-10-21)24(29)14-13-23-4-3-17-35-23/h3-14,17H,2,15-16,18H2,1H3,(H,28,31)/b14-13+. The van der Waals surface area contributed by atoms with E-state index in [4.69, 9.17) is 9.47 Å². The minimum Gasteiger partial charge on any atom is -0.494 e. The first-order chi connectivity index (χ1) is 16.9. The SMILES string of the molecule is CCOc1ccc(C(=O)COC(=O)CCC(=O)Nc2ccc(C(=O)/C=C/c3cccs3)cc2)cc1. The summed E-state index contributed by atoms with van der Waals surface area (Å²) in [7, 11) is 0. The first-order valence-electron chi connectivity index (χ1n) is 11.0. The fraction of sp³-hybridized carbons (Fsp3) is 0.185. The molecule has 3 aromatic rings. The summed E-state index contributed by atoms with van der Waals surface area (Å²) >= 11 is 1.54. The van der Waals surface area contributed by atoms with Gasteiger partial charge in [0.1, 0.15) is 5.75 Å². The van der Waals surface area contributed by atoms with Crippen molar-refractivity contribution in [1.29, 1.82) is 0 Å². The molecular weight excluding hydrogens is 466 g/mol. The summed E-state index contributed by atoms with van der Waals surface area (Å²) in [5.41, 5.74) is 1.41. The number of anilines is 1. The number of benzene rings is 2. The van der Waals surface area contributed by atoms with Crippen LogP contribution in [0.2, 0.25) is 0 Å². The zero-order valence-electron chi connectivity index (χ0n) is 19.2. The van der Waals surface area contributed by atoms with Crippen molar-refractivity contribution in [1.82, 2.24) is 0 Å². The second-order valence-electron chi connectivity index (χ2n) is 7.38. The van der Waals surface area contributed by atoms with E-state index in [9.17, 15) is 19.2 Å². The first kappa shape index (κ1) is 25.6. The Labute approximate surface area is 207 Å². The fourth-order valence-electron chi connectivity index (χ4n) is 3.00. The van der Waals surface area contributed by atoms with Gasteiger partial charge in [0.2, 0.25) is 5.91 Å². The lowest BCUT2D eigenvalue weighted by molar-refractivity contribution is -0.143. The lowest BCUT2D eigenvalue weighted by Gasteiger charge is -2.07. The van der Waals surface area contributed by atoms with Gasteiger partial charge >= 0.3 is 5.97 Å². The van der Waals surface area contributed by atoms with Crippen molar-refractivity contribution in [2.45, 2.75) is 19.8 Å². The minimum absolute atomic E-state index is 0.0969. The van der Waals surface area contributed by atoms with Crippen LogP contribution in [0.25, 0.3) is 6.08 Å². The molecule has 0 unspecified atom stereocenters. The van der Waals surface area contributed by atoms with Gasteiger partial charge in [-0.15, -0.1) is 11.3 Å². The predicted octanol–water partition coefficient (Wildman–Crippen LogP) is 5.19. The highest BCUT2D eigenvalue weighted by Gasteiger charge is 2.12. The third kappa shape index (κ3) is 8.35. The van der Waals surface area contributed by atoms with Crippen molar-refractivity contribution in [2.24, 2.45) is 0 Å². The molecule has 8 heteroatoms. The average Bonchev–Trinajstić information content (AvgIpc) is 3.39. The number of carbonyl (C=O) groups excluding carboxylic acids is 4. The zero-order chi connectivity index (χ0) is 25.0. The second-order valence-corrected chi connectivity index (χ2v) is 8.36. The largest absolute Gasteiger partial charge is 0.494 e. The van der Waals surface area contributed by atoms with Crippen LogP contribution in [0.1, 0.15) is 45.4 Å². The van der Waals surface area contributed by atoms with E-state index in [0.717, 1.165) is 4.88 Å². The molecule has 1 amide bonds.